The molecule has 0 bridgehead atoms. The van der Waals surface area contributed by atoms with Gasteiger partial charge in [-0.3, -0.25) is 0 Å². The Morgan fingerprint density at radius 2 is 1.65 bits per heavy atom. The zero-order valence-corrected chi connectivity index (χ0v) is 14.7. The number of nitrogens with zero attached hydrogens (tertiary/aromatic N) is 2. The molecule has 7 nitrogen and oxygen atoms in total. The number of H-pyrrole nitrogens is 1. The topological polar surface area (TPSA) is 89.0 Å². The quantitative estimate of drug-likeness (QED) is 0.403. The van der Waals surface area contributed by atoms with E-state index < -0.39 is 0 Å². The second kappa shape index (κ2) is 7.60. The Bertz CT molecular complexity index is 895. The van der Waals surface area contributed by atoms with Gasteiger partial charge in [0.25, 0.3) is 0 Å². The lowest BCUT2D eigenvalue weighted by molar-refractivity contribution is 0.318. The van der Waals surface area contributed by atoms with Gasteiger partial charge in [0.05, 0.1) is 33.2 Å². The summed E-state index contributed by atoms with van der Waals surface area (Å²) < 4.78 is 16.0. The summed E-state index contributed by atoms with van der Waals surface area (Å²) in [4.78, 5) is 7.53. The Morgan fingerprint density at radius 3 is 2.19 bits per heavy atom. The average molecular weight is 353 g/mol. The van der Waals surface area contributed by atoms with Crippen LogP contribution in [0.25, 0.3) is 11.4 Å². The van der Waals surface area contributed by atoms with Gasteiger partial charge in [-0.05, 0) is 12.1 Å². The van der Waals surface area contributed by atoms with Crippen LogP contribution in [0.3, 0.4) is 0 Å². The van der Waals surface area contributed by atoms with E-state index in [9.17, 15) is 5.21 Å². The van der Waals surface area contributed by atoms with Gasteiger partial charge < -0.3 is 24.4 Å². The number of hydrogen-bond donors (Lipinski definition) is 2. The molecule has 0 aliphatic rings. The van der Waals surface area contributed by atoms with Crippen LogP contribution in [0.4, 0.5) is 0 Å². The van der Waals surface area contributed by atoms with Crippen LogP contribution in [0.15, 0.2) is 53.8 Å². The SMILES string of the molecule is COc1cc(/C(=N\O)c2cnc(-c3ccccc3)[nH]2)cc(OC)c1OC. The highest BCUT2D eigenvalue weighted by atomic mass is 16.5. The van der Waals surface area contributed by atoms with Crippen molar-refractivity contribution in [2.75, 3.05) is 21.3 Å². The van der Waals surface area contributed by atoms with Crippen molar-refractivity contribution < 1.29 is 19.4 Å². The molecule has 1 heterocycles. The first-order valence-electron chi connectivity index (χ1n) is 7.85. The van der Waals surface area contributed by atoms with Crippen LogP contribution in [-0.4, -0.2) is 42.2 Å². The maximum Gasteiger partial charge on any atom is 0.203 e. The van der Waals surface area contributed by atoms with E-state index in [1.807, 2.05) is 30.3 Å². The highest BCUT2D eigenvalue weighted by molar-refractivity contribution is 6.12. The molecule has 7 heteroatoms. The van der Waals surface area contributed by atoms with Gasteiger partial charge in [-0.1, -0.05) is 35.5 Å². The first-order chi connectivity index (χ1) is 12.7. The molecule has 3 rings (SSSR count). The first-order valence-corrected chi connectivity index (χ1v) is 7.85. The molecule has 0 radical (unpaired) electrons. The van der Waals surface area contributed by atoms with E-state index in [-0.39, 0.29) is 0 Å². The van der Waals surface area contributed by atoms with Crippen LogP contribution in [0, 0.1) is 0 Å². The third-order valence-corrected chi connectivity index (χ3v) is 3.92. The maximum atomic E-state index is 9.59. The number of oxime groups is 1. The molecular weight excluding hydrogens is 334 g/mol. The van der Waals surface area contributed by atoms with Crippen LogP contribution in [0.1, 0.15) is 11.3 Å². The summed E-state index contributed by atoms with van der Waals surface area (Å²) in [5, 5.41) is 13.0. The van der Waals surface area contributed by atoms with E-state index in [4.69, 9.17) is 14.2 Å². The van der Waals surface area contributed by atoms with Crippen LogP contribution in [-0.2, 0) is 0 Å². The lowest BCUT2D eigenvalue weighted by Gasteiger charge is -2.14. The van der Waals surface area contributed by atoms with Gasteiger partial charge in [-0.2, -0.15) is 0 Å². The zero-order valence-electron chi connectivity index (χ0n) is 14.7. The number of aromatic amines is 1. The van der Waals surface area contributed by atoms with Crippen molar-refractivity contribution in [2.45, 2.75) is 0 Å². The number of imidazole rings is 1. The summed E-state index contributed by atoms with van der Waals surface area (Å²) in [5.74, 6) is 2.07. The van der Waals surface area contributed by atoms with E-state index in [0.717, 1.165) is 5.56 Å². The third-order valence-electron chi connectivity index (χ3n) is 3.92. The van der Waals surface area contributed by atoms with E-state index in [2.05, 4.69) is 15.1 Å². The largest absolute Gasteiger partial charge is 0.493 e. The molecule has 0 saturated heterocycles. The molecule has 0 saturated carbocycles. The lowest BCUT2D eigenvalue weighted by Crippen LogP contribution is -2.06. The second-order valence-electron chi connectivity index (χ2n) is 5.37. The molecule has 0 atom stereocenters. The van der Waals surface area contributed by atoms with Gasteiger partial charge >= 0.3 is 0 Å². The van der Waals surface area contributed by atoms with Crippen LogP contribution >= 0.6 is 0 Å². The number of methoxy groups -OCH3 is 3. The van der Waals surface area contributed by atoms with Crippen molar-refractivity contribution >= 4 is 5.71 Å². The standard InChI is InChI=1S/C19H19N3O4/c1-24-15-9-13(10-16(25-2)18(15)26-3)17(22-23)14-11-20-19(21-14)12-7-5-4-6-8-12/h4-11,23H,1-3H3,(H,20,21)/b22-17+. The predicted molar refractivity (Wildman–Crippen MR) is 97.5 cm³/mol. The Labute approximate surface area is 150 Å². The van der Waals surface area contributed by atoms with Crippen LogP contribution in [0.2, 0.25) is 0 Å². The van der Waals surface area contributed by atoms with E-state index in [0.29, 0.717) is 40.0 Å². The van der Waals surface area contributed by atoms with Crippen molar-refractivity contribution in [2.24, 2.45) is 5.16 Å². The molecule has 134 valence electrons. The Hall–Kier alpha value is -3.48. The number of ether oxygens (including phenoxy) is 3. The molecule has 2 N–H and O–H groups in total. The molecule has 0 unspecified atom stereocenters. The normalized spacial score (nSPS) is 11.3. The summed E-state index contributed by atoms with van der Waals surface area (Å²) in [7, 11) is 4.59. The summed E-state index contributed by atoms with van der Waals surface area (Å²) in [6.45, 7) is 0. The highest BCUT2D eigenvalue weighted by Crippen LogP contribution is 2.38. The van der Waals surface area contributed by atoms with Crippen molar-refractivity contribution in [1.82, 2.24) is 9.97 Å². The molecule has 0 aliphatic carbocycles. The fraction of sp³-hybridized carbons (Fsp3) is 0.158. The molecule has 0 spiro atoms. The lowest BCUT2D eigenvalue weighted by atomic mass is 10.1. The number of aromatic nitrogens is 2. The molecule has 0 fully saturated rings. The third kappa shape index (κ3) is 3.19. The minimum atomic E-state index is 0.305. The van der Waals surface area contributed by atoms with Crippen molar-refractivity contribution in [3.05, 3.63) is 59.9 Å². The summed E-state index contributed by atoms with van der Waals surface area (Å²) in [6.07, 6.45) is 1.61. The molecule has 0 amide bonds. The van der Waals surface area contributed by atoms with Crippen LogP contribution < -0.4 is 14.2 Å². The van der Waals surface area contributed by atoms with E-state index in [1.165, 1.54) is 21.3 Å². The Morgan fingerprint density at radius 1 is 1.00 bits per heavy atom. The Balaban J connectivity index is 2.04. The number of hydrogen-bond acceptors (Lipinski definition) is 6. The van der Waals surface area contributed by atoms with Crippen molar-refractivity contribution in [1.29, 1.82) is 0 Å². The van der Waals surface area contributed by atoms with Gasteiger partial charge in [0.1, 0.15) is 11.5 Å². The van der Waals surface area contributed by atoms with Crippen LogP contribution in [0.5, 0.6) is 17.2 Å². The molecular formula is C19H19N3O4. The van der Waals surface area contributed by atoms with Crippen molar-refractivity contribution in [3.63, 3.8) is 0 Å². The van der Waals surface area contributed by atoms with E-state index in [1.54, 1.807) is 18.3 Å². The first kappa shape index (κ1) is 17.3. The molecule has 2 aromatic carbocycles. The minimum Gasteiger partial charge on any atom is -0.493 e. The maximum absolute atomic E-state index is 9.59. The predicted octanol–water partition coefficient (Wildman–Crippen LogP) is 3.33. The zero-order chi connectivity index (χ0) is 18.5. The van der Waals surface area contributed by atoms with E-state index >= 15 is 0 Å². The van der Waals surface area contributed by atoms with Gasteiger partial charge in [0.15, 0.2) is 11.5 Å². The van der Waals surface area contributed by atoms with Gasteiger partial charge in [-0.25, -0.2) is 4.98 Å². The molecule has 26 heavy (non-hydrogen) atoms. The molecule has 3 aromatic rings. The smallest absolute Gasteiger partial charge is 0.203 e. The monoisotopic (exact) mass is 353 g/mol. The summed E-state index contributed by atoms with van der Waals surface area (Å²) >= 11 is 0. The second-order valence-corrected chi connectivity index (χ2v) is 5.37. The van der Waals surface area contributed by atoms with Gasteiger partial charge in [-0.15, -0.1) is 0 Å². The fourth-order valence-electron chi connectivity index (χ4n) is 2.67. The number of rotatable bonds is 6. The van der Waals surface area contributed by atoms with Gasteiger partial charge in [0.2, 0.25) is 5.75 Å². The number of nitrogens with one attached hydrogen (secondary N) is 1. The minimum absolute atomic E-state index is 0.305. The summed E-state index contributed by atoms with van der Waals surface area (Å²) in [6, 6.07) is 13.1. The summed E-state index contributed by atoms with van der Waals surface area (Å²) in [5.41, 5.74) is 2.38. The fourth-order valence-corrected chi connectivity index (χ4v) is 2.67. The molecule has 0 aliphatic heterocycles. The van der Waals surface area contributed by atoms with Crippen molar-refractivity contribution in [3.8, 4) is 28.6 Å². The average Bonchev–Trinajstić information content (AvgIpc) is 3.18. The van der Waals surface area contributed by atoms with Gasteiger partial charge in [0, 0.05) is 11.1 Å². The Kier molecular flexibility index (Phi) is 5.07. The highest BCUT2D eigenvalue weighted by Gasteiger charge is 2.19. The molecule has 1 aromatic heterocycles. The number of benzene rings is 2.